The summed E-state index contributed by atoms with van der Waals surface area (Å²) in [4.78, 5) is 0. The Hall–Kier alpha value is -7.68. The molecular weight excluding hydrogens is 749 g/mol. The van der Waals surface area contributed by atoms with Gasteiger partial charge < -0.3 is 9.13 Å². The van der Waals surface area contributed by atoms with Crippen molar-refractivity contribution in [1.82, 2.24) is 9.13 Å². The molecule has 0 radical (unpaired) electrons. The van der Waals surface area contributed by atoms with Crippen LogP contribution in [0.5, 0.6) is 0 Å². The molecule has 0 spiro atoms. The molecular formula is C60H44N2. The molecule has 2 aromatic heterocycles. The SMILES string of the molecule is CC(C)(C)c1ccc(-c2c(-c3ccc4c(c3)c3ccccc3n4-c3ccccc3)ccc3c2ccc2ccc(-c4ccc5c(c4)c4ccccc4n5-c4ccccc4)cc23)cc1. The van der Waals surface area contributed by atoms with Gasteiger partial charge in [0.05, 0.1) is 22.1 Å². The molecule has 0 saturated heterocycles. The fraction of sp³-hybridized carbons (Fsp3) is 0.0667. The highest BCUT2D eigenvalue weighted by Gasteiger charge is 2.20. The summed E-state index contributed by atoms with van der Waals surface area (Å²) >= 11 is 0. The number of hydrogen-bond acceptors (Lipinski definition) is 0. The van der Waals surface area contributed by atoms with Crippen LogP contribution < -0.4 is 0 Å². The van der Waals surface area contributed by atoms with Crippen molar-refractivity contribution < 1.29 is 0 Å². The molecule has 0 saturated carbocycles. The largest absolute Gasteiger partial charge is 0.309 e. The van der Waals surface area contributed by atoms with E-state index in [1.165, 1.54) is 115 Å². The number of rotatable bonds is 5. The third-order valence-corrected chi connectivity index (χ3v) is 13.1. The fourth-order valence-electron chi connectivity index (χ4n) is 10.0. The zero-order chi connectivity index (χ0) is 41.5. The van der Waals surface area contributed by atoms with Crippen LogP contribution >= 0.6 is 0 Å². The molecule has 12 aromatic rings. The van der Waals surface area contributed by atoms with E-state index in [4.69, 9.17) is 0 Å². The maximum Gasteiger partial charge on any atom is 0.0541 e. The molecule has 0 fully saturated rings. The lowest BCUT2D eigenvalue weighted by Crippen LogP contribution is -2.10. The van der Waals surface area contributed by atoms with Crippen molar-refractivity contribution in [3.63, 3.8) is 0 Å². The van der Waals surface area contributed by atoms with Crippen LogP contribution in [0.25, 0.3) is 110 Å². The number of benzene rings is 10. The summed E-state index contributed by atoms with van der Waals surface area (Å²) in [5, 5.41) is 10.0. The summed E-state index contributed by atoms with van der Waals surface area (Å²) < 4.78 is 4.78. The zero-order valence-electron chi connectivity index (χ0n) is 35.1. The Bertz CT molecular complexity index is 3690. The van der Waals surface area contributed by atoms with Gasteiger partial charge in [0.2, 0.25) is 0 Å². The highest BCUT2D eigenvalue weighted by Crippen LogP contribution is 2.44. The summed E-state index contributed by atoms with van der Waals surface area (Å²) in [5.74, 6) is 0. The van der Waals surface area contributed by atoms with E-state index in [0.29, 0.717) is 0 Å². The molecule has 62 heavy (non-hydrogen) atoms. The lowest BCUT2D eigenvalue weighted by atomic mass is 9.84. The van der Waals surface area contributed by atoms with Crippen molar-refractivity contribution >= 4 is 65.2 Å². The van der Waals surface area contributed by atoms with Gasteiger partial charge in [0.1, 0.15) is 0 Å². The predicted octanol–water partition coefficient (Wildman–Crippen LogP) is 16.5. The van der Waals surface area contributed by atoms with Crippen molar-refractivity contribution in [2.24, 2.45) is 0 Å². The van der Waals surface area contributed by atoms with Gasteiger partial charge in [-0.1, -0.05) is 166 Å². The van der Waals surface area contributed by atoms with Crippen LogP contribution in [0.15, 0.2) is 212 Å². The van der Waals surface area contributed by atoms with Gasteiger partial charge in [0.15, 0.2) is 0 Å². The van der Waals surface area contributed by atoms with Crippen LogP contribution in [0.1, 0.15) is 26.3 Å². The first-order valence-electron chi connectivity index (χ1n) is 21.7. The molecule has 0 aliphatic heterocycles. The molecule has 0 amide bonds. The molecule has 12 rings (SSSR count). The van der Waals surface area contributed by atoms with Gasteiger partial charge >= 0.3 is 0 Å². The zero-order valence-corrected chi connectivity index (χ0v) is 35.1. The molecule has 2 heteroatoms. The fourth-order valence-corrected chi connectivity index (χ4v) is 10.0. The van der Waals surface area contributed by atoms with E-state index < -0.39 is 0 Å². The average Bonchev–Trinajstić information content (AvgIpc) is 3.83. The maximum absolute atomic E-state index is 2.41. The first-order valence-corrected chi connectivity index (χ1v) is 21.7. The molecule has 0 bridgehead atoms. The van der Waals surface area contributed by atoms with Gasteiger partial charge in [-0.15, -0.1) is 0 Å². The second kappa shape index (κ2) is 13.9. The smallest absolute Gasteiger partial charge is 0.0541 e. The molecule has 0 atom stereocenters. The number of aromatic nitrogens is 2. The minimum Gasteiger partial charge on any atom is -0.309 e. The Morgan fingerprint density at radius 1 is 0.306 bits per heavy atom. The number of hydrogen-bond donors (Lipinski definition) is 0. The highest BCUT2D eigenvalue weighted by molar-refractivity contribution is 6.17. The first kappa shape index (κ1) is 36.2. The molecule has 0 N–H and O–H groups in total. The first-order chi connectivity index (χ1) is 30.4. The Labute approximate surface area is 361 Å². The highest BCUT2D eigenvalue weighted by atomic mass is 15.0. The van der Waals surface area contributed by atoms with Gasteiger partial charge in [-0.2, -0.15) is 0 Å². The van der Waals surface area contributed by atoms with Crippen LogP contribution in [-0.2, 0) is 5.41 Å². The topological polar surface area (TPSA) is 9.86 Å². The summed E-state index contributed by atoms with van der Waals surface area (Å²) in [6, 6.07) is 78.6. The molecule has 0 aliphatic rings. The van der Waals surface area contributed by atoms with E-state index >= 15 is 0 Å². The van der Waals surface area contributed by atoms with E-state index in [0.717, 1.165) is 0 Å². The monoisotopic (exact) mass is 792 g/mol. The third kappa shape index (κ3) is 5.71. The quantitative estimate of drug-likeness (QED) is 0.154. The Morgan fingerprint density at radius 3 is 1.35 bits per heavy atom. The standard InChI is InChI=1S/C60H44N2/c1-60(2,3)44-29-24-40(25-30-44)59-47(43-28-35-58-54(38-43)50-19-11-13-21-56(50)62(58)46-16-8-5-9-17-46)32-33-48-51(59)31-26-39-22-23-41(36-52(39)48)42-27-34-57-53(37-42)49-18-10-12-20-55(49)61(57)45-14-6-4-7-15-45/h4-38H,1-3H3. The molecule has 294 valence electrons. The summed E-state index contributed by atoms with van der Waals surface area (Å²) in [7, 11) is 0. The Morgan fingerprint density at radius 2 is 0.758 bits per heavy atom. The van der Waals surface area contributed by atoms with Gasteiger partial charge in [-0.3, -0.25) is 0 Å². The van der Waals surface area contributed by atoms with Crippen molar-refractivity contribution in [2.75, 3.05) is 0 Å². The van der Waals surface area contributed by atoms with Crippen LogP contribution in [0, 0.1) is 0 Å². The minimum atomic E-state index is 0.0597. The second-order valence-electron chi connectivity index (χ2n) is 17.8. The van der Waals surface area contributed by atoms with E-state index in [9.17, 15) is 0 Å². The molecule has 0 aliphatic carbocycles. The van der Waals surface area contributed by atoms with Crippen molar-refractivity contribution in [3.05, 3.63) is 218 Å². The Kier molecular flexibility index (Phi) is 8.14. The normalized spacial score (nSPS) is 12.1. The van der Waals surface area contributed by atoms with Gasteiger partial charge in [-0.25, -0.2) is 0 Å². The maximum atomic E-state index is 2.41. The van der Waals surface area contributed by atoms with Crippen molar-refractivity contribution in [2.45, 2.75) is 26.2 Å². The lowest BCUT2D eigenvalue weighted by molar-refractivity contribution is 0.590. The van der Waals surface area contributed by atoms with Crippen LogP contribution in [0.4, 0.5) is 0 Å². The predicted molar refractivity (Wildman–Crippen MR) is 265 cm³/mol. The number of fused-ring (bicyclic) bond motifs is 9. The van der Waals surface area contributed by atoms with Crippen LogP contribution in [0.2, 0.25) is 0 Å². The minimum absolute atomic E-state index is 0.0597. The average molecular weight is 793 g/mol. The summed E-state index contributed by atoms with van der Waals surface area (Å²) in [6.07, 6.45) is 0. The number of para-hydroxylation sites is 4. The van der Waals surface area contributed by atoms with Crippen molar-refractivity contribution in [1.29, 1.82) is 0 Å². The molecule has 10 aromatic carbocycles. The molecule has 0 unspecified atom stereocenters. The lowest BCUT2D eigenvalue weighted by Gasteiger charge is -2.20. The van der Waals surface area contributed by atoms with Gasteiger partial charge in [0.25, 0.3) is 0 Å². The third-order valence-electron chi connectivity index (χ3n) is 13.1. The molecule has 2 nitrogen and oxygen atoms in total. The summed E-state index contributed by atoms with van der Waals surface area (Å²) in [5.41, 5.74) is 15.9. The van der Waals surface area contributed by atoms with Gasteiger partial charge in [0, 0.05) is 32.9 Å². The summed E-state index contributed by atoms with van der Waals surface area (Å²) in [6.45, 7) is 6.86. The van der Waals surface area contributed by atoms with E-state index in [-0.39, 0.29) is 5.41 Å². The van der Waals surface area contributed by atoms with Crippen LogP contribution in [-0.4, -0.2) is 9.13 Å². The van der Waals surface area contributed by atoms with E-state index in [1.807, 2.05) is 0 Å². The van der Waals surface area contributed by atoms with Crippen molar-refractivity contribution in [3.8, 4) is 44.8 Å². The van der Waals surface area contributed by atoms with Crippen LogP contribution in [0.3, 0.4) is 0 Å². The van der Waals surface area contributed by atoms with E-state index in [2.05, 4.69) is 242 Å². The number of nitrogens with zero attached hydrogens (tertiary/aromatic N) is 2. The Balaban J connectivity index is 1.06. The van der Waals surface area contributed by atoms with Gasteiger partial charge in [-0.05, 0) is 133 Å². The second-order valence-corrected chi connectivity index (χ2v) is 17.8. The molecule has 2 heterocycles. The van der Waals surface area contributed by atoms with E-state index in [1.54, 1.807) is 0 Å².